The number of benzene rings is 2. The van der Waals surface area contributed by atoms with Gasteiger partial charge in [-0.15, -0.1) is 0 Å². The number of nitrogens with one attached hydrogen (secondary N) is 1. The summed E-state index contributed by atoms with van der Waals surface area (Å²) < 4.78 is 25.6. The summed E-state index contributed by atoms with van der Waals surface area (Å²) in [4.78, 5) is 6.52. The molecule has 0 bridgehead atoms. The highest BCUT2D eigenvalue weighted by molar-refractivity contribution is 9.10. The molecule has 1 N–H and O–H groups in total. The third-order valence-electron chi connectivity index (χ3n) is 3.66. The van der Waals surface area contributed by atoms with Gasteiger partial charge in [-0.3, -0.25) is 4.99 Å². The van der Waals surface area contributed by atoms with Crippen LogP contribution in [0.15, 0.2) is 69.0 Å². The molecule has 0 radical (unpaired) electrons. The molecule has 2 rings (SSSR count). The molecule has 2 aromatic carbocycles. The Morgan fingerprint density at radius 1 is 1.12 bits per heavy atom. The Labute approximate surface area is 157 Å². The maximum Gasteiger partial charge on any atom is 0.193 e. The average Bonchev–Trinajstić information content (AvgIpc) is 2.61. The van der Waals surface area contributed by atoms with E-state index >= 15 is 0 Å². The Morgan fingerprint density at radius 3 is 2.36 bits per heavy atom. The molecule has 0 amide bonds. The van der Waals surface area contributed by atoms with E-state index < -0.39 is 9.84 Å². The molecule has 0 aliphatic heterocycles. The molecule has 0 aromatic heterocycles. The second kappa shape index (κ2) is 9.01. The summed E-state index contributed by atoms with van der Waals surface area (Å²) in [5, 5.41) is 3.11. The molecule has 5 nitrogen and oxygen atoms in total. The van der Waals surface area contributed by atoms with E-state index in [1.807, 2.05) is 36.2 Å². The van der Waals surface area contributed by atoms with Gasteiger partial charge in [0.05, 0.1) is 10.6 Å². The SMILES string of the molecule is CN=C(NCCS(=O)(=O)c1ccccc1)N(C)Cc1ccc(Br)cc1. The van der Waals surface area contributed by atoms with Crippen LogP contribution in [-0.4, -0.2) is 45.7 Å². The van der Waals surface area contributed by atoms with Crippen LogP contribution in [0.5, 0.6) is 0 Å². The van der Waals surface area contributed by atoms with E-state index in [-0.39, 0.29) is 5.75 Å². The topological polar surface area (TPSA) is 61.8 Å². The van der Waals surface area contributed by atoms with Crippen LogP contribution in [-0.2, 0) is 16.4 Å². The van der Waals surface area contributed by atoms with Crippen molar-refractivity contribution in [2.45, 2.75) is 11.4 Å². The molecular formula is C18H22BrN3O2S. The van der Waals surface area contributed by atoms with Crippen molar-refractivity contribution in [3.05, 3.63) is 64.6 Å². The fraction of sp³-hybridized carbons (Fsp3) is 0.278. The van der Waals surface area contributed by atoms with E-state index in [9.17, 15) is 8.42 Å². The normalized spacial score (nSPS) is 12.0. The maximum absolute atomic E-state index is 12.3. The number of halogens is 1. The number of guanidine groups is 1. The van der Waals surface area contributed by atoms with Crippen molar-refractivity contribution in [3.63, 3.8) is 0 Å². The number of aliphatic imine (C=N–C) groups is 1. The van der Waals surface area contributed by atoms with Gasteiger partial charge in [0.1, 0.15) is 0 Å². The summed E-state index contributed by atoms with van der Waals surface area (Å²) in [6.45, 7) is 0.979. The van der Waals surface area contributed by atoms with E-state index in [4.69, 9.17) is 0 Å². The summed E-state index contributed by atoms with van der Waals surface area (Å²) >= 11 is 3.42. The molecule has 0 saturated carbocycles. The highest BCUT2D eigenvalue weighted by Crippen LogP contribution is 2.12. The zero-order valence-corrected chi connectivity index (χ0v) is 16.7. The van der Waals surface area contributed by atoms with Gasteiger partial charge in [0.15, 0.2) is 15.8 Å². The van der Waals surface area contributed by atoms with E-state index in [2.05, 4.69) is 26.2 Å². The Hall–Kier alpha value is -1.86. The number of hydrogen-bond donors (Lipinski definition) is 1. The molecule has 0 aliphatic rings. The van der Waals surface area contributed by atoms with Gasteiger partial charge in [-0.2, -0.15) is 0 Å². The van der Waals surface area contributed by atoms with Crippen LogP contribution >= 0.6 is 15.9 Å². The van der Waals surface area contributed by atoms with Gasteiger partial charge in [0.2, 0.25) is 0 Å². The van der Waals surface area contributed by atoms with Crippen LogP contribution in [0.1, 0.15) is 5.56 Å². The second-order valence-corrected chi connectivity index (χ2v) is 8.61. The van der Waals surface area contributed by atoms with Gasteiger partial charge in [-0.1, -0.05) is 46.3 Å². The molecule has 2 aromatic rings. The van der Waals surface area contributed by atoms with Crippen molar-refractivity contribution in [1.82, 2.24) is 10.2 Å². The first-order valence-electron chi connectivity index (χ1n) is 7.86. The third-order valence-corrected chi connectivity index (χ3v) is 5.92. The van der Waals surface area contributed by atoms with Gasteiger partial charge in [-0.25, -0.2) is 8.42 Å². The molecule has 0 heterocycles. The van der Waals surface area contributed by atoms with E-state index in [0.717, 1.165) is 10.0 Å². The fourth-order valence-electron chi connectivity index (χ4n) is 2.37. The molecule has 7 heteroatoms. The summed E-state index contributed by atoms with van der Waals surface area (Å²) in [5.41, 5.74) is 1.14. The zero-order chi connectivity index (χ0) is 18.3. The quantitative estimate of drug-likeness (QED) is 0.572. The van der Waals surface area contributed by atoms with Crippen molar-refractivity contribution in [2.24, 2.45) is 4.99 Å². The monoisotopic (exact) mass is 423 g/mol. The van der Waals surface area contributed by atoms with Crippen molar-refractivity contribution >= 4 is 31.7 Å². The largest absolute Gasteiger partial charge is 0.355 e. The molecule has 25 heavy (non-hydrogen) atoms. The Kier molecular flexibility index (Phi) is 7.01. The Balaban J connectivity index is 1.90. The number of hydrogen-bond acceptors (Lipinski definition) is 3. The summed E-state index contributed by atoms with van der Waals surface area (Å²) in [6.07, 6.45) is 0. The minimum atomic E-state index is -3.29. The lowest BCUT2D eigenvalue weighted by atomic mass is 10.2. The van der Waals surface area contributed by atoms with Crippen LogP contribution in [0.25, 0.3) is 0 Å². The van der Waals surface area contributed by atoms with Crippen LogP contribution < -0.4 is 5.32 Å². The van der Waals surface area contributed by atoms with Crippen LogP contribution in [0.3, 0.4) is 0 Å². The lowest BCUT2D eigenvalue weighted by Crippen LogP contribution is -2.40. The smallest absolute Gasteiger partial charge is 0.193 e. The average molecular weight is 424 g/mol. The minimum absolute atomic E-state index is 0.0160. The van der Waals surface area contributed by atoms with E-state index in [0.29, 0.717) is 23.9 Å². The molecule has 0 aliphatic carbocycles. The van der Waals surface area contributed by atoms with Gasteiger partial charge >= 0.3 is 0 Å². The molecule has 0 saturated heterocycles. The first kappa shape index (κ1) is 19.5. The number of sulfone groups is 1. The van der Waals surface area contributed by atoms with Crippen molar-refractivity contribution in [3.8, 4) is 0 Å². The molecule has 134 valence electrons. The third kappa shape index (κ3) is 5.86. The molecule has 0 spiro atoms. The minimum Gasteiger partial charge on any atom is -0.355 e. The molecular weight excluding hydrogens is 402 g/mol. The zero-order valence-electron chi connectivity index (χ0n) is 14.3. The van der Waals surface area contributed by atoms with Crippen molar-refractivity contribution in [1.29, 1.82) is 0 Å². The van der Waals surface area contributed by atoms with Crippen LogP contribution in [0.2, 0.25) is 0 Å². The van der Waals surface area contributed by atoms with Gasteiger partial charge in [0.25, 0.3) is 0 Å². The van der Waals surface area contributed by atoms with Crippen LogP contribution in [0.4, 0.5) is 0 Å². The Morgan fingerprint density at radius 2 is 1.76 bits per heavy atom. The fourth-order valence-corrected chi connectivity index (χ4v) is 3.81. The van der Waals surface area contributed by atoms with Crippen molar-refractivity contribution in [2.75, 3.05) is 26.4 Å². The van der Waals surface area contributed by atoms with E-state index in [1.165, 1.54) is 0 Å². The summed E-state index contributed by atoms with van der Waals surface area (Å²) in [7, 11) is 0.312. The number of nitrogens with zero attached hydrogens (tertiary/aromatic N) is 2. The lowest BCUT2D eigenvalue weighted by molar-refractivity contribution is 0.478. The highest BCUT2D eigenvalue weighted by atomic mass is 79.9. The highest BCUT2D eigenvalue weighted by Gasteiger charge is 2.14. The standard InChI is InChI=1S/C18H22BrN3O2S/c1-20-18(22(2)14-15-8-10-16(19)11-9-15)21-12-13-25(23,24)17-6-4-3-5-7-17/h3-11H,12-14H2,1-2H3,(H,20,21). The van der Waals surface area contributed by atoms with Gasteiger partial charge < -0.3 is 10.2 Å². The maximum atomic E-state index is 12.3. The molecule has 0 atom stereocenters. The molecule has 0 unspecified atom stereocenters. The summed E-state index contributed by atoms with van der Waals surface area (Å²) in [6, 6.07) is 16.5. The predicted molar refractivity (Wildman–Crippen MR) is 105 cm³/mol. The first-order chi connectivity index (χ1) is 11.9. The van der Waals surface area contributed by atoms with E-state index in [1.54, 1.807) is 37.4 Å². The number of rotatable bonds is 6. The molecule has 0 fully saturated rings. The van der Waals surface area contributed by atoms with Gasteiger partial charge in [0, 0.05) is 31.7 Å². The van der Waals surface area contributed by atoms with Crippen molar-refractivity contribution < 1.29 is 8.42 Å². The van der Waals surface area contributed by atoms with Crippen LogP contribution in [0, 0.1) is 0 Å². The Bertz CT molecular complexity index is 806. The second-order valence-electron chi connectivity index (χ2n) is 5.59. The first-order valence-corrected chi connectivity index (χ1v) is 10.3. The van der Waals surface area contributed by atoms with Gasteiger partial charge in [-0.05, 0) is 29.8 Å². The summed E-state index contributed by atoms with van der Waals surface area (Å²) in [5.74, 6) is 0.675. The predicted octanol–water partition coefficient (Wildman–Crippen LogP) is 2.93. The lowest BCUT2D eigenvalue weighted by Gasteiger charge is -2.22.